The third-order valence-electron chi connectivity index (χ3n) is 3.54. The van der Waals surface area contributed by atoms with Gasteiger partial charge in [-0.3, -0.25) is 4.68 Å². The van der Waals surface area contributed by atoms with E-state index in [1.165, 1.54) is 11.1 Å². The summed E-state index contributed by atoms with van der Waals surface area (Å²) in [7, 11) is 4.22. The summed E-state index contributed by atoms with van der Waals surface area (Å²) in [5.74, 6) is 0. The van der Waals surface area contributed by atoms with Crippen molar-refractivity contribution >= 4 is 0 Å². The van der Waals surface area contributed by atoms with Gasteiger partial charge in [0.05, 0.1) is 12.7 Å². The molecule has 1 aromatic heterocycles. The number of aromatic nitrogens is 2. The number of hydrogen-bond donors (Lipinski definition) is 1. The van der Waals surface area contributed by atoms with E-state index < -0.39 is 0 Å². The van der Waals surface area contributed by atoms with Crippen LogP contribution in [0.25, 0.3) is 0 Å². The molecule has 0 aliphatic rings. The molecule has 21 heavy (non-hydrogen) atoms. The van der Waals surface area contributed by atoms with Gasteiger partial charge in [-0.15, -0.1) is 0 Å². The quantitative estimate of drug-likeness (QED) is 0.809. The number of nitrogens with one attached hydrogen (secondary N) is 1. The van der Waals surface area contributed by atoms with E-state index in [2.05, 4.69) is 66.8 Å². The summed E-state index contributed by atoms with van der Waals surface area (Å²) in [6.45, 7) is 5.06. The highest BCUT2D eigenvalue weighted by Gasteiger charge is 2.04. The van der Waals surface area contributed by atoms with Gasteiger partial charge in [-0.2, -0.15) is 5.10 Å². The lowest BCUT2D eigenvalue weighted by molar-refractivity contribution is 0.365. The van der Waals surface area contributed by atoms with Crippen LogP contribution in [-0.4, -0.2) is 41.4 Å². The van der Waals surface area contributed by atoms with Crippen LogP contribution in [0, 0.1) is 0 Å². The fraction of sp³-hybridized carbons (Fsp3) is 0.471. The Morgan fingerprint density at radius 2 is 1.95 bits per heavy atom. The van der Waals surface area contributed by atoms with Crippen molar-refractivity contribution in [3.05, 3.63) is 53.9 Å². The van der Waals surface area contributed by atoms with Crippen LogP contribution in [0.2, 0.25) is 0 Å². The molecule has 0 aliphatic carbocycles. The Morgan fingerprint density at radius 1 is 1.19 bits per heavy atom. The lowest BCUT2D eigenvalue weighted by Gasteiger charge is -2.16. The van der Waals surface area contributed by atoms with Crippen LogP contribution < -0.4 is 5.32 Å². The molecule has 1 unspecified atom stereocenters. The Bertz CT molecular complexity index is 519. The van der Waals surface area contributed by atoms with Gasteiger partial charge in [-0.25, -0.2) is 0 Å². The first-order valence-corrected chi connectivity index (χ1v) is 7.57. The highest BCUT2D eigenvalue weighted by Crippen LogP contribution is 2.04. The van der Waals surface area contributed by atoms with Crippen molar-refractivity contribution in [3.8, 4) is 0 Å². The van der Waals surface area contributed by atoms with Crippen LogP contribution in [0.3, 0.4) is 0 Å². The highest BCUT2D eigenvalue weighted by atomic mass is 15.3. The molecule has 0 bridgehead atoms. The minimum absolute atomic E-state index is 0.518. The Balaban J connectivity index is 1.78. The van der Waals surface area contributed by atoms with Crippen LogP contribution in [0.1, 0.15) is 24.5 Å². The number of rotatable bonds is 8. The Morgan fingerprint density at radius 3 is 2.67 bits per heavy atom. The first kappa shape index (κ1) is 15.7. The monoisotopic (exact) mass is 286 g/mol. The largest absolute Gasteiger partial charge is 0.310 e. The molecule has 1 aromatic carbocycles. The second kappa shape index (κ2) is 7.96. The van der Waals surface area contributed by atoms with E-state index in [9.17, 15) is 0 Å². The van der Waals surface area contributed by atoms with Gasteiger partial charge in [0, 0.05) is 24.3 Å². The van der Waals surface area contributed by atoms with E-state index in [0.717, 1.165) is 26.1 Å². The number of nitrogens with zero attached hydrogens (tertiary/aromatic N) is 3. The lowest BCUT2D eigenvalue weighted by atomic mass is 10.2. The third kappa shape index (κ3) is 5.69. The Labute approximate surface area is 127 Å². The first-order chi connectivity index (χ1) is 10.1. The molecule has 0 aliphatic heterocycles. The van der Waals surface area contributed by atoms with Gasteiger partial charge in [0.1, 0.15) is 0 Å². The Kier molecular flexibility index (Phi) is 5.96. The topological polar surface area (TPSA) is 33.1 Å². The smallest absolute Gasteiger partial charge is 0.0659 e. The van der Waals surface area contributed by atoms with Gasteiger partial charge in [0.2, 0.25) is 0 Å². The molecule has 1 heterocycles. The van der Waals surface area contributed by atoms with E-state index in [0.29, 0.717) is 6.04 Å². The molecule has 1 atom stereocenters. The average Bonchev–Trinajstić information content (AvgIpc) is 2.91. The summed E-state index contributed by atoms with van der Waals surface area (Å²) in [4.78, 5) is 2.22. The molecule has 0 spiro atoms. The van der Waals surface area contributed by atoms with Crippen molar-refractivity contribution in [1.82, 2.24) is 20.0 Å². The van der Waals surface area contributed by atoms with Crippen LogP contribution in [0.15, 0.2) is 42.7 Å². The van der Waals surface area contributed by atoms with Crippen LogP contribution in [0.5, 0.6) is 0 Å². The van der Waals surface area contributed by atoms with Gasteiger partial charge >= 0.3 is 0 Å². The minimum atomic E-state index is 0.518. The summed E-state index contributed by atoms with van der Waals surface area (Å²) in [5.41, 5.74) is 2.52. The van der Waals surface area contributed by atoms with Gasteiger partial charge < -0.3 is 10.2 Å². The van der Waals surface area contributed by atoms with Crippen molar-refractivity contribution < 1.29 is 0 Å². The number of benzene rings is 1. The maximum absolute atomic E-state index is 4.43. The zero-order chi connectivity index (χ0) is 15.1. The third-order valence-corrected chi connectivity index (χ3v) is 3.54. The maximum atomic E-state index is 4.43. The molecule has 2 rings (SSSR count). The molecule has 0 amide bonds. The average molecular weight is 286 g/mol. The van der Waals surface area contributed by atoms with Gasteiger partial charge in [-0.1, -0.05) is 30.3 Å². The van der Waals surface area contributed by atoms with E-state index in [1.807, 2.05) is 16.9 Å². The van der Waals surface area contributed by atoms with Crippen LogP contribution in [0.4, 0.5) is 0 Å². The van der Waals surface area contributed by atoms with Crippen molar-refractivity contribution in [2.24, 2.45) is 0 Å². The van der Waals surface area contributed by atoms with E-state index in [4.69, 9.17) is 0 Å². The molecule has 1 N–H and O–H groups in total. The first-order valence-electron chi connectivity index (χ1n) is 7.57. The highest BCUT2D eigenvalue weighted by molar-refractivity contribution is 5.15. The Hall–Kier alpha value is -1.65. The van der Waals surface area contributed by atoms with Crippen molar-refractivity contribution in [2.75, 3.05) is 20.6 Å². The molecule has 2 aromatic rings. The molecule has 0 saturated heterocycles. The molecule has 0 radical (unpaired) electrons. The lowest BCUT2D eigenvalue weighted by Crippen LogP contribution is -2.29. The molecule has 4 heteroatoms. The van der Waals surface area contributed by atoms with Gasteiger partial charge in [0.15, 0.2) is 0 Å². The molecule has 0 saturated carbocycles. The van der Waals surface area contributed by atoms with Crippen molar-refractivity contribution in [3.63, 3.8) is 0 Å². The zero-order valence-electron chi connectivity index (χ0n) is 13.3. The normalized spacial score (nSPS) is 12.8. The van der Waals surface area contributed by atoms with E-state index >= 15 is 0 Å². The summed E-state index contributed by atoms with van der Waals surface area (Å²) < 4.78 is 2.00. The molecular formula is C17H26N4. The van der Waals surface area contributed by atoms with Gasteiger partial charge in [-0.05, 0) is 39.5 Å². The molecular weight excluding hydrogens is 260 g/mol. The maximum Gasteiger partial charge on any atom is 0.0659 e. The summed E-state index contributed by atoms with van der Waals surface area (Å²) in [6, 6.07) is 10.9. The van der Waals surface area contributed by atoms with Crippen molar-refractivity contribution in [1.29, 1.82) is 0 Å². The van der Waals surface area contributed by atoms with Crippen LogP contribution in [-0.2, 0) is 13.1 Å². The van der Waals surface area contributed by atoms with Gasteiger partial charge in [0.25, 0.3) is 0 Å². The summed E-state index contributed by atoms with van der Waals surface area (Å²) in [5, 5.41) is 7.98. The number of hydrogen-bond acceptors (Lipinski definition) is 3. The van der Waals surface area contributed by atoms with Crippen LogP contribution >= 0.6 is 0 Å². The fourth-order valence-electron chi connectivity index (χ4n) is 2.20. The standard InChI is InChI=1S/C17H26N4/c1-15(9-10-20(2)3)18-11-17-12-19-21(14-17)13-16-7-5-4-6-8-16/h4-8,12,14-15,18H,9-11,13H2,1-3H3. The minimum Gasteiger partial charge on any atom is -0.310 e. The summed E-state index contributed by atoms with van der Waals surface area (Å²) >= 11 is 0. The second-order valence-corrected chi connectivity index (χ2v) is 5.91. The predicted molar refractivity (Wildman–Crippen MR) is 87.2 cm³/mol. The summed E-state index contributed by atoms with van der Waals surface area (Å²) in [6.07, 6.45) is 5.23. The molecule has 4 nitrogen and oxygen atoms in total. The zero-order valence-corrected chi connectivity index (χ0v) is 13.3. The van der Waals surface area contributed by atoms with Crippen molar-refractivity contribution in [2.45, 2.75) is 32.5 Å². The second-order valence-electron chi connectivity index (χ2n) is 5.91. The van der Waals surface area contributed by atoms with E-state index in [1.54, 1.807) is 0 Å². The predicted octanol–water partition coefficient (Wildman–Crippen LogP) is 2.36. The van der Waals surface area contributed by atoms with E-state index in [-0.39, 0.29) is 0 Å². The molecule has 0 fully saturated rings. The fourth-order valence-corrected chi connectivity index (χ4v) is 2.20. The molecule has 114 valence electrons. The SMILES string of the molecule is CC(CCN(C)C)NCc1cnn(Cc2ccccc2)c1.